The number of amides is 1. The zero-order valence-corrected chi connectivity index (χ0v) is 16.4. The van der Waals surface area contributed by atoms with Gasteiger partial charge in [-0.3, -0.25) is 9.59 Å². The third-order valence-corrected chi connectivity index (χ3v) is 5.39. The van der Waals surface area contributed by atoms with Crippen LogP contribution in [-0.4, -0.2) is 11.7 Å². The number of carbonyl (C=O) groups is 2. The maximum Gasteiger partial charge on any atom is 0.289 e. The van der Waals surface area contributed by atoms with E-state index >= 15 is 0 Å². The van der Waals surface area contributed by atoms with Crippen molar-refractivity contribution in [2.24, 2.45) is 5.73 Å². The molecule has 1 aliphatic rings. The summed E-state index contributed by atoms with van der Waals surface area (Å²) in [6.45, 7) is 3.83. The van der Waals surface area contributed by atoms with Crippen LogP contribution in [0.4, 0.5) is 0 Å². The predicted octanol–water partition coefficient (Wildman–Crippen LogP) is 5.04. The van der Waals surface area contributed by atoms with Gasteiger partial charge in [0, 0.05) is 5.57 Å². The zero-order valence-electron chi connectivity index (χ0n) is 16.4. The molecule has 0 spiro atoms. The Morgan fingerprint density at radius 1 is 0.793 bits per heavy atom. The SMILES string of the molecule is CC1=C(C(=O)C(N)=O)c2c(C)cccc2C1=Cc1ccccc1-c1ccccc1. The lowest BCUT2D eigenvalue weighted by atomic mass is 9.94. The number of rotatable bonds is 4. The predicted molar refractivity (Wildman–Crippen MR) is 118 cm³/mol. The van der Waals surface area contributed by atoms with Crippen molar-refractivity contribution in [3.63, 3.8) is 0 Å². The molecule has 29 heavy (non-hydrogen) atoms. The molecule has 0 heterocycles. The van der Waals surface area contributed by atoms with E-state index in [0.717, 1.165) is 44.5 Å². The number of carbonyl (C=O) groups excluding carboxylic acids is 2. The van der Waals surface area contributed by atoms with Crippen LogP contribution in [0.5, 0.6) is 0 Å². The number of ketones is 1. The van der Waals surface area contributed by atoms with Crippen LogP contribution >= 0.6 is 0 Å². The Bertz CT molecular complexity index is 1200. The van der Waals surface area contributed by atoms with E-state index in [9.17, 15) is 9.59 Å². The molecule has 0 unspecified atom stereocenters. The largest absolute Gasteiger partial charge is 0.363 e. The van der Waals surface area contributed by atoms with Gasteiger partial charge in [-0.2, -0.15) is 0 Å². The minimum absolute atomic E-state index is 0.411. The summed E-state index contributed by atoms with van der Waals surface area (Å²) in [5, 5.41) is 0. The second-order valence-corrected chi connectivity index (χ2v) is 7.20. The Morgan fingerprint density at radius 2 is 1.45 bits per heavy atom. The molecule has 1 amide bonds. The summed E-state index contributed by atoms with van der Waals surface area (Å²) in [5.41, 5.74) is 13.5. The van der Waals surface area contributed by atoms with E-state index in [-0.39, 0.29) is 0 Å². The number of fused-ring (bicyclic) bond motifs is 1. The second kappa shape index (κ2) is 7.36. The highest BCUT2D eigenvalue weighted by molar-refractivity contribution is 6.55. The molecular formula is C26H21NO2. The summed E-state index contributed by atoms with van der Waals surface area (Å²) in [7, 11) is 0. The average Bonchev–Trinajstić information content (AvgIpc) is 3.01. The molecule has 4 rings (SSSR count). The minimum atomic E-state index is -0.931. The van der Waals surface area contributed by atoms with Crippen LogP contribution in [0.2, 0.25) is 0 Å². The summed E-state index contributed by atoms with van der Waals surface area (Å²) in [4.78, 5) is 24.3. The van der Waals surface area contributed by atoms with E-state index in [1.54, 1.807) is 0 Å². The van der Waals surface area contributed by atoms with Gasteiger partial charge in [-0.1, -0.05) is 72.8 Å². The maximum atomic E-state index is 12.6. The van der Waals surface area contributed by atoms with Gasteiger partial charge in [0.05, 0.1) is 0 Å². The number of primary amides is 1. The summed E-state index contributed by atoms with van der Waals surface area (Å²) in [5.74, 6) is -1.57. The Kier molecular flexibility index (Phi) is 4.73. The Hall–Kier alpha value is -3.72. The Morgan fingerprint density at radius 3 is 2.17 bits per heavy atom. The first-order chi connectivity index (χ1) is 14.0. The van der Waals surface area contributed by atoms with Gasteiger partial charge in [-0.15, -0.1) is 0 Å². The van der Waals surface area contributed by atoms with Gasteiger partial charge in [0.15, 0.2) is 0 Å². The lowest BCUT2D eigenvalue weighted by molar-refractivity contribution is -0.132. The van der Waals surface area contributed by atoms with E-state index in [2.05, 4.69) is 30.3 Å². The lowest BCUT2D eigenvalue weighted by Gasteiger charge is -2.10. The van der Waals surface area contributed by atoms with Gasteiger partial charge < -0.3 is 5.73 Å². The standard InChI is InChI=1S/C26H21NO2/c1-16-9-8-14-21-22(17(2)24(23(16)21)25(28)26(27)29)15-19-12-6-7-13-20(19)18-10-4-3-5-11-18/h3-15H,1-2H3,(H2,27,29). The van der Waals surface area contributed by atoms with Crippen molar-refractivity contribution in [2.45, 2.75) is 13.8 Å². The molecule has 0 bridgehead atoms. The number of hydrogen-bond donors (Lipinski definition) is 1. The van der Waals surface area contributed by atoms with Crippen LogP contribution in [-0.2, 0) is 9.59 Å². The summed E-state index contributed by atoms with van der Waals surface area (Å²) in [6.07, 6.45) is 2.09. The van der Waals surface area contributed by atoms with E-state index in [1.165, 1.54) is 0 Å². The number of nitrogens with two attached hydrogens (primary N) is 1. The van der Waals surface area contributed by atoms with Crippen LogP contribution < -0.4 is 5.73 Å². The third kappa shape index (κ3) is 3.21. The molecule has 3 aromatic carbocycles. The van der Waals surface area contributed by atoms with Crippen molar-refractivity contribution in [3.05, 3.63) is 101 Å². The van der Waals surface area contributed by atoms with Crippen molar-refractivity contribution in [1.82, 2.24) is 0 Å². The smallest absolute Gasteiger partial charge is 0.289 e. The van der Waals surface area contributed by atoms with E-state index in [4.69, 9.17) is 5.73 Å². The highest BCUT2D eigenvalue weighted by Gasteiger charge is 2.31. The number of Topliss-reactive ketones (excluding diaryl/α,β-unsaturated/α-hetero) is 1. The molecule has 2 N–H and O–H groups in total. The first-order valence-electron chi connectivity index (χ1n) is 9.51. The summed E-state index contributed by atoms with van der Waals surface area (Å²) < 4.78 is 0. The quantitative estimate of drug-likeness (QED) is 0.645. The van der Waals surface area contributed by atoms with Gasteiger partial charge in [0.2, 0.25) is 0 Å². The van der Waals surface area contributed by atoms with Crippen LogP contribution in [0, 0.1) is 6.92 Å². The Balaban J connectivity index is 1.96. The number of aryl methyl sites for hydroxylation is 1. The van der Waals surface area contributed by atoms with Crippen molar-refractivity contribution in [2.75, 3.05) is 0 Å². The van der Waals surface area contributed by atoms with E-state index in [0.29, 0.717) is 5.57 Å². The average molecular weight is 379 g/mol. The van der Waals surface area contributed by atoms with E-state index < -0.39 is 11.7 Å². The third-order valence-electron chi connectivity index (χ3n) is 5.39. The molecule has 0 aliphatic heterocycles. The van der Waals surface area contributed by atoms with Gasteiger partial charge in [-0.25, -0.2) is 0 Å². The highest BCUT2D eigenvalue weighted by Crippen LogP contribution is 2.44. The fraction of sp³-hybridized carbons (Fsp3) is 0.0769. The molecule has 0 saturated heterocycles. The normalized spacial score (nSPS) is 14.2. The molecule has 1 aliphatic carbocycles. The molecule has 0 aromatic heterocycles. The van der Waals surface area contributed by atoms with Crippen LogP contribution in [0.25, 0.3) is 28.3 Å². The molecule has 3 heteroatoms. The fourth-order valence-electron chi connectivity index (χ4n) is 4.00. The van der Waals surface area contributed by atoms with Gasteiger partial charge >= 0.3 is 0 Å². The molecule has 142 valence electrons. The van der Waals surface area contributed by atoms with Crippen molar-refractivity contribution < 1.29 is 9.59 Å². The van der Waals surface area contributed by atoms with Crippen molar-refractivity contribution >= 4 is 28.9 Å². The molecular weight excluding hydrogens is 358 g/mol. The first-order valence-corrected chi connectivity index (χ1v) is 9.51. The number of hydrogen-bond acceptors (Lipinski definition) is 2. The summed E-state index contributed by atoms with van der Waals surface area (Å²) in [6, 6.07) is 24.3. The Labute approximate surface area is 170 Å². The van der Waals surface area contributed by atoms with Gasteiger partial charge in [0.1, 0.15) is 0 Å². The molecule has 3 nitrogen and oxygen atoms in total. The highest BCUT2D eigenvalue weighted by atomic mass is 16.2. The zero-order chi connectivity index (χ0) is 20.5. The second-order valence-electron chi connectivity index (χ2n) is 7.20. The molecule has 3 aromatic rings. The number of allylic oxidation sites excluding steroid dienone is 2. The summed E-state index contributed by atoms with van der Waals surface area (Å²) >= 11 is 0. The lowest BCUT2D eigenvalue weighted by Crippen LogP contribution is -2.24. The van der Waals surface area contributed by atoms with Gasteiger partial charge in [-0.05, 0) is 64.5 Å². The molecule has 0 fully saturated rings. The monoisotopic (exact) mass is 379 g/mol. The van der Waals surface area contributed by atoms with Gasteiger partial charge in [0.25, 0.3) is 11.7 Å². The molecule has 0 saturated carbocycles. The van der Waals surface area contributed by atoms with Crippen molar-refractivity contribution in [1.29, 1.82) is 0 Å². The molecule has 0 atom stereocenters. The minimum Gasteiger partial charge on any atom is -0.363 e. The fourth-order valence-corrected chi connectivity index (χ4v) is 4.00. The van der Waals surface area contributed by atoms with Crippen LogP contribution in [0.15, 0.2) is 78.4 Å². The van der Waals surface area contributed by atoms with E-state index in [1.807, 2.05) is 62.4 Å². The number of benzene rings is 3. The van der Waals surface area contributed by atoms with Crippen LogP contribution in [0.1, 0.15) is 29.2 Å². The maximum absolute atomic E-state index is 12.6. The topological polar surface area (TPSA) is 60.2 Å². The first kappa shape index (κ1) is 18.6. The van der Waals surface area contributed by atoms with Crippen molar-refractivity contribution in [3.8, 4) is 11.1 Å². The molecule has 0 radical (unpaired) electrons. The van der Waals surface area contributed by atoms with Crippen LogP contribution in [0.3, 0.4) is 0 Å².